The number of rotatable bonds is 2. The predicted molar refractivity (Wildman–Crippen MR) is 46.8 cm³/mol. The second-order valence-corrected chi connectivity index (χ2v) is 3.97. The van der Waals surface area contributed by atoms with Crippen LogP contribution in [0.25, 0.3) is 0 Å². The molecule has 0 aliphatic carbocycles. The summed E-state index contributed by atoms with van der Waals surface area (Å²) in [6.07, 6.45) is 0. The van der Waals surface area contributed by atoms with Crippen LogP contribution in [0.15, 0.2) is 24.3 Å². The van der Waals surface area contributed by atoms with E-state index in [9.17, 15) is 3.74 Å². The second-order valence-electron chi connectivity index (χ2n) is 2.50. The zero-order valence-corrected chi connectivity index (χ0v) is 8.49. The monoisotopic (exact) mass is 211 g/mol. The summed E-state index contributed by atoms with van der Waals surface area (Å²) < 4.78 is 11.4. The van der Waals surface area contributed by atoms with Gasteiger partial charge in [0.1, 0.15) is 0 Å². The Bertz CT molecular complexity index is 243. The Morgan fingerprint density at radius 3 is 2.09 bits per heavy atom. The van der Waals surface area contributed by atoms with Gasteiger partial charge in [0.05, 0.1) is 0 Å². The van der Waals surface area contributed by atoms with E-state index in [0.29, 0.717) is 0 Å². The van der Waals surface area contributed by atoms with Crippen molar-refractivity contribution in [1.29, 1.82) is 0 Å². The van der Waals surface area contributed by atoms with Gasteiger partial charge in [-0.1, -0.05) is 0 Å². The third kappa shape index (κ3) is 2.16. The first-order valence-electron chi connectivity index (χ1n) is 3.35. The van der Waals surface area contributed by atoms with Crippen LogP contribution in [0.2, 0.25) is 0 Å². The Balaban J connectivity index is 2.91. The Kier molecular flexibility index (Phi) is 2.83. The fraction of sp³-hybridized carbons (Fsp3) is 0.250. The van der Waals surface area contributed by atoms with Crippen LogP contribution in [-0.2, 0) is 3.74 Å². The summed E-state index contributed by atoms with van der Waals surface area (Å²) in [5, 5.41) is 0. The first kappa shape index (κ1) is 8.47. The Labute approximate surface area is 73.1 Å². The summed E-state index contributed by atoms with van der Waals surface area (Å²) in [4.78, 5) is 2.02. The van der Waals surface area contributed by atoms with Crippen molar-refractivity contribution >= 4 is 25.7 Å². The van der Waals surface area contributed by atoms with Crippen molar-refractivity contribution in [2.24, 2.45) is 0 Å². The maximum atomic E-state index is 10.5. The third-order valence-corrected chi connectivity index (χ3v) is 2.54. The third-order valence-electron chi connectivity index (χ3n) is 1.47. The van der Waals surface area contributed by atoms with Crippen molar-refractivity contribution in [3.63, 3.8) is 0 Å². The number of benzene rings is 1. The van der Waals surface area contributed by atoms with Crippen LogP contribution in [0.4, 0.5) is 5.69 Å². The first-order chi connectivity index (χ1) is 5.24. The fourth-order valence-electron chi connectivity index (χ4n) is 0.812. The molecule has 2 nitrogen and oxygen atoms in total. The Morgan fingerprint density at radius 1 is 1.18 bits per heavy atom. The van der Waals surface area contributed by atoms with Gasteiger partial charge < -0.3 is 0 Å². The van der Waals surface area contributed by atoms with Crippen molar-refractivity contribution in [2.75, 3.05) is 19.0 Å². The second kappa shape index (κ2) is 3.68. The summed E-state index contributed by atoms with van der Waals surface area (Å²) in [7, 11) is 3.97. The molecule has 0 aliphatic rings. The van der Waals surface area contributed by atoms with Crippen LogP contribution < -0.4 is 9.25 Å². The minimum atomic E-state index is -0.865. The normalized spacial score (nSPS) is 10.0. The average molecular weight is 211 g/mol. The van der Waals surface area contributed by atoms with E-state index in [2.05, 4.69) is 0 Å². The molecule has 0 unspecified atom stereocenters. The summed E-state index contributed by atoms with van der Waals surface area (Å²) >= 11 is -0.865. The van der Waals surface area contributed by atoms with Gasteiger partial charge in [-0.2, -0.15) is 0 Å². The number of nitrogens with zero attached hydrogens (tertiary/aromatic N) is 1. The summed E-state index contributed by atoms with van der Waals surface area (Å²) in [5.41, 5.74) is 1.14. The van der Waals surface area contributed by atoms with E-state index in [1.165, 1.54) is 0 Å². The SMILES string of the molecule is CN(C)c1ccc([As]=O)cc1. The molecule has 0 spiro atoms. The van der Waals surface area contributed by atoms with E-state index >= 15 is 0 Å². The Hall–Kier alpha value is -0.622. The molecule has 58 valence electrons. The summed E-state index contributed by atoms with van der Waals surface area (Å²) in [6, 6.07) is 7.76. The molecule has 0 N–H and O–H groups in total. The summed E-state index contributed by atoms with van der Waals surface area (Å²) in [5.74, 6) is 0. The number of hydrogen-bond acceptors (Lipinski definition) is 2. The van der Waals surface area contributed by atoms with E-state index in [4.69, 9.17) is 0 Å². The molecule has 1 rings (SSSR count). The minimum absolute atomic E-state index is 0.865. The molecule has 11 heavy (non-hydrogen) atoms. The van der Waals surface area contributed by atoms with E-state index in [0.717, 1.165) is 10.0 Å². The topological polar surface area (TPSA) is 20.3 Å². The standard InChI is InChI=1S/C8H10AsNO/c1-10(2)8-5-3-7(9-11)4-6-8/h3-6H,1-2H3. The average Bonchev–Trinajstić information content (AvgIpc) is 2.05. The van der Waals surface area contributed by atoms with E-state index < -0.39 is 15.7 Å². The van der Waals surface area contributed by atoms with Crippen molar-refractivity contribution < 1.29 is 3.74 Å². The molecule has 0 amide bonds. The molecule has 0 saturated heterocycles. The van der Waals surface area contributed by atoms with Crippen LogP contribution in [0.1, 0.15) is 0 Å². The fourth-order valence-corrected chi connectivity index (χ4v) is 1.38. The van der Waals surface area contributed by atoms with Gasteiger partial charge in [-0.05, 0) is 0 Å². The van der Waals surface area contributed by atoms with E-state index in [1.54, 1.807) is 0 Å². The van der Waals surface area contributed by atoms with E-state index in [1.807, 2.05) is 43.3 Å². The van der Waals surface area contributed by atoms with Crippen LogP contribution in [0.3, 0.4) is 0 Å². The van der Waals surface area contributed by atoms with Crippen molar-refractivity contribution in [3.05, 3.63) is 24.3 Å². The Morgan fingerprint density at radius 2 is 1.73 bits per heavy atom. The van der Waals surface area contributed by atoms with E-state index in [-0.39, 0.29) is 0 Å². The zero-order chi connectivity index (χ0) is 8.27. The van der Waals surface area contributed by atoms with Gasteiger partial charge >= 0.3 is 72.7 Å². The predicted octanol–water partition coefficient (Wildman–Crippen LogP) is 0.428. The van der Waals surface area contributed by atoms with Gasteiger partial charge in [0.25, 0.3) is 0 Å². The molecule has 1 aromatic rings. The molecule has 0 radical (unpaired) electrons. The van der Waals surface area contributed by atoms with Crippen molar-refractivity contribution in [3.8, 4) is 0 Å². The molecule has 0 aliphatic heterocycles. The zero-order valence-electron chi connectivity index (χ0n) is 6.61. The molecule has 0 heterocycles. The van der Waals surface area contributed by atoms with Gasteiger partial charge in [-0.15, -0.1) is 0 Å². The molecular formula is C8H10AsNO. The molecule has 0 saturated carbocycles. The molecule has 3 heteroatoms. The number of hydrogen-bond donors (Lipinski definition) is 0. The van der Waals surface area contributed by atoms with Gasteiger partial charge in [0, 0.05) is 0 Å². The van der Waals surface area contributed by atoms with Crippen LogP contribution in [0, 0.1) is 0 Å². The molecule has 0 aromatic heterocycles. The molecular weight excluding hydrogens is 201 g/mol. The quantitative estimate of drug-likeness (QED) is 0.661. The first-order valence-corrected chi connectivity index (χ1v) is 5.05. The molecule has 1 aromatic carbocycles. The van der Waals surface area contributed by atoms with Gasteiger partial charge in [0.2, 0.25) is 0 Å². The number of anilines is 1. The van der Waals surface area contributed by atoms with Crippen LogP contribution in [0.5, 0.6) is 0 Å². The summed E-state index contributed by atoms with van der Waals surface area (Å²) in [6.45, 7) is 0. The van der Waals surface area contributed by atoms with Gasteiger partial charge in [-0.25, -0.2) is 0 Å². The van der Waals surface area contributed by atoms with Crippen molar-refractivity contribution in [2.45, 2.75) is 0 Å². The van der Waals surface area contributed by atoms with Crippen molar-refractivity contribution in [1.82, 2.24) is 0 Å². The molecule has 0 fully saturated rings. The molecule has 0 atom stereocenters. The van der Waals surface area contributed by atoms with Gasteiger partial charge in [-0.3, -0.25) is 0 Å². The van der Waals surface area contributed by atoms with Gasteiger partial charge in [0.15, 0.2) is 0 Å². The maximum absolute atomic E-state index is 10.5. The van der Waals surface area contributed by atoms with Crippen LogP contribution >= 0.6 is 0 Å². The molecule has 0 bridgehead atoms. The van der Waals surface area contributed by atoms with Crippen LogP contribution in [-0.4, -0.2) is 29.8 Å².